The summed E-state index contributed by atoms with van der Waals surface area (Å²) in [6.45, 7) is 10.5. The molecule has 1 unspecified atom stereocenters. The van der Waals surface area contributed by atoms with Crippen molar-refractivity contribution < 1.29 is 19.0 Å². The van der Waals surface area contributed by atoms with E-state index in [0.717, 1.165) is 5.56 Å². The molecule has 2 amide bonds. The van der Waals surface area contributed by atoms with Crippen molar-refractivity contribution in [1.29, 1.82) is 0 Å². The van der Waals surface area contributed by atoms with E-state index in [0.29, 0.717) is 59.2 Å². The second kappa shape index (κ2) is 13.0. The maximum Gasteiger partial charge on any atom is 0.318 e. The highest BCUT2D eigenvalue weighted by molar-refractivity contribution is 5.78. The zero-order valence-electron chi connectivity index (χ0n) is 25.4. The molecule has 9 heteroatoms. The van der Waals surface area contributed by atoms with E-state index in [2.05, 4.69) is 5.32 Å². The lowest BCUT2D eigenvalue weighted by Gasteiger charge is -2.33. The molecule has 0 bridgehead atoms. The molecule has 0 spiro atoms. The third kappa shape index (κ3) is 6.84. The highest BCUT2D eigenvalue weighted by atomic mass is 16.5. The number of rotatable bonds is 10. The molecular weight excluding hydrogens is 532 g/mol. The quantitative estimate of drug-likeness (QED) is 0.254. The van der Waals surface area contributed by atoms with Crippen LogP contribution in [0, 0.1) is 0 Å². The highest BCUT2D eigenvalue weighted by Crippen LogP contribution is 2.29. The molecule has 222 valence electrons. The zero-order valence-corrected chi connectivity index (χ0v) is 25.4. The van der Waals surface area contributed by atoms with E-state index in [4.69, 9.17) is 19.2 Å². The first-order valence-corrected chi connectivity index (χ1v) is 14.1. The van der Waals surface area contributed by atoms with E-state index in [1.54, 1.807) is 29.8 Å². The lowest BCUT2D eigenvalue weighted by atomic mass is 10.1. The lowest BCUT2D eigenvalue weighted by Crippen LogP contribution is -2.50. The molecule has 0 aliphatic rings. The smallest absolute Gasteiger partial charge is 0.318 e. The Bertz CT molecular complexity index is 1590. The number of carbonyl (C=O) groups is 1. The van der Waals surface area contributed by atoms with Crippen LogP contribution in [0.1, 0.15) is 52.0 Å². The fourth-order valence-corrected chi connectivity index (χ4v) is 4.83. The second-order valence-electron chi connectivity index (χ2n) is 11.0. The van der Waals surface area contributed by atoms with Gasteiger partial charge in [0.1, 0.15) is 11.6 Å². The van der Waals surface area contributed by atoms with Crippen molar-refractivity contribution in [3.8, 4) is 22.9 Å². The summed E-state index contributed by atoms with van der Waals surface area (Å²) in [4.78, 5) is 34.4. The van der Waals surface area contributed by atoms with Crippen molar-refractivity contribution in [3.05, 3.63) is 88.5 Å². The van der Waals surface area contributed by atoms with Crippen LogP contribution in [0.15, 0.2) is 71.5 Å². The van der Waals surface area contributed by atoms with Crippen LogP contribution in [0.5, 0.6) is 17.2 Å². The number of methoxy groups -OCH3 is 2. The summed E-state index contributed by atoms with van der Waals surface area (Å²) in [5.74, 6) is 2.42. The Kier molecular flexibility index (Phi) is 9.40. The van der Waals surface area contributed by atoms with E-state index in [1.165, 1.54) is 0 Å². The summed E-state index contributed by atoms with van der Waals surface area (Å²) in [5.41, 5.74) is 1.51. The van der Waals surface area contributed by atoms with Gasteiger partial charge in [0.05, 0.1) is 43.5 Å². The Balaban J connectivity index is 1.80. The van der Waals surface area contributed by atoms with Gasteiger partial charge in [-0.05, 0) is 95.1 Å². The average Bonchev–Trinajstić information content (AvgIpc) is 2.96. The van der Waals surface area contributed by atoms with Crippen LogP contribution >= 0.6 is 0 Å². The molecule has 4 aromatic rings. The van der Waals surface area contributed by atoms with Gasteiger partial charge in [-0.2, -0.15) is 0 Å². The van der Waals surface area contributed by atoms with Crippen molar-refractivity contribution in [1.82, 2.24) is 19.8 Å². The third-order valence-electron chi connectivity index (χ3n) is 6.88. The number of nitrogens with one attached hydrogen (secondary N) is 1. The molecule has 1 aromatic heterocycles. The van der Waals surface area contributed by atoms with E-state index in [9.17, 15) is 9.59 Å². The maximum atomic E-state index is 13.9. The van der Waals surface area contributed by atoms with Gasteiger partial charge in [0.25, 0.3) is 5.56 Å². The standard InChI is InChI=1S/C33H40N4O5/c1-8-42-25-16-14-24(15-17-25)37-30(34-27-12-10-9-11-26(27)31(37)38)22(2)36(32(39)35-33(3,4)5)20-19-23-13-18-28(40-6)29(21-23)41-7/h9-18,21-22H,8,19-20H2,1-7H3,(H,35,39). The number of hydrogen-bond donors (Lipinski definition) is 1. The first-order chi connectivity index (χ1) is 20.1. The van der Waals surface area contributed by atoms with Crippen LogP contribution in [0.2, 0.25) is 0 Å². The summed E-state index contributed by atoms with van der Waals surface area (Å²) in [6.07, 6.45) is 0.545. The predicted octanol–water partition coefficient (Wildman–Crippen LogP) is 5.92. The van der Waals surface area contributed by atoms with Crippen LogP contribution < -0.4 is 25.1 Å². The molecule has 0 saturated carbocycles. The van der Waals surface area contributed by atoms with E-state index in [-0.39, 0.29) is 11.6 Å². The van der Waals surface area contributed by atoms with E-state index < -0.39 is 11.6 Å². The average molecular weight is 573 g/mol. The van der Waals surface area contributed by atoms with Crippen LogP contribution in [0.4, 0.5) is 4.79 Å². The van der Waals surface area contributed by atoms with Crippen molar-refractivity contribution in [2.75, 3.05) is 27.4 Å². The number of hydrogen-bond acceptors (Lipinski definition) is 6. The van der Waals surface area contributed by atoms with Gasteiger partial charge in [-0.25, -0.2) is 9.78 Å². The molecule has 1 N–H and O–H groups in total. The van der Waals surface area contributed by atoms with Crippen molar-refractivity contribution in [2.24, 2.45) is 0 Å². The molecule has 42 heavy (non-hydrogen) atoms. The third-order valence-corrected chi connectivity index (χ3v) is 6.88. The Hall–Kier alpha value is -4.53. The molecule has 0 aliphatic carbocycles. The number of carbonyl (C=O) groups excluding carboxylic acids is 1. The molecule has 4 rings (SSSR count). The van der Waals surface area contributed by atoms with Crippen molar-refractivity contribution in [3.63, 3.8) is 0 Å². The summed E-state index contributed by atoms with van der Waals surface area (Å²) in [5, 5.41) is 3.59. The fourth-order valence-electron chi connectivity index (χ4n) is 4.83. The Morgan fingerprint density at radius 1 is 1.00 bits per heavy atom. The largest absolute Gasteiger partial charge is 0.494 e. The number of amides is 2. The van der Waals surface area contributed by atoms with Gasteiger partial charge in [0.15, 0.2) is 11.5 Å². The molecule has 0 radical (unpaired) electrons. The Morgan fingerprint density at radius 2 is 1.69 bits per heavy atom. The number of ether oxygens (including phenoxy) is 3. The van der Waals surface area contributed by atoms with E-state index in [1.807, 2.05) is 95.3 Å². The number of aromatic nitrogens is 2. The SMILES string of the molecule is CCOc1ccc(-n2c(C(C)N(CCc3ccc(OC)c(OC)c3)C(=O)NC(C)(C)C)nc3ccccc3c2=O)cc1. The second-order valence-corrected chi connectivity index (χ2v) is 11.0. The molecule has 0 fully saturated rings. The zero-order chi connectivity index (χ0) is 30.4. The van der Waals surface area contributed by atoms with Crippen molar-refractivity contribution >= 4 is 16.9 Å². The number of fused-ring (bicyclic) bond motifs is 1. The van der Waals surface area contributed by atoms with Gasteiger partial charge in [0, 0.05) is 12.1 Å². The Labute approximate surface area is 247 Å². The summed E-state index contributed by atoms with van der Waals surface area (Å²) >= 11 is 0. The van der Waals surface area contributed by atoms with Crippen LogP contribution in [-0.2, 0) is 6.42 Å². The number of para-hydroxylation sites is 1. The topological polar surface area (TPSA) is 94.9 Å². The van der Waals surface area contributed by atoms with Crippen LogP contribution in [0.3, 0.4) is 0 Å². The fraction of sp³-hybridized carbons (Fsp3) is 0.364. The molecule has 1 heterocycles. The summed E-state index contributed by atoms with van der Waals surface area (Å²) < 4.78 is 18.1. The predicted molar refractivity (Wildman–Crippen MR) is 165 cm³/mol. The lowest BCUT2D eigenvalue weighted by molar-refractivity contribution is 0.168. The molecule has 3 aromatic carbocycles. The number of benzene rings is 3. The van der Waals surface area contributed by atoms with Crippen LogP contribution in [0.25, 0.3) is 16.6 Å². The van der Waals surface area contributed by atoms with Gasteiger partial charge < -0.3 is 24.4 Å². The van der Waals surface area contributed by atoms with Gasteiger partial charge in [-0.1, -0.05) is 18.2 Å². The molecule has 0 saturated heterocycles. The minimum atomic E-state index is -0.559. The van der Waals surface area contributed by atoms with Crippen LogP contribution in [-0.4, -0.2) is 53.4 Å². The first kappa shape index (κ1) is 30.4. The molecule has 9 nitrogen and oxygen atoms in total. The number of nitrogens with zero attached hydrogens (tertiary/aromatic N) is 3. The molecule has 1 atom stereocenters. The monoisotopic (exact) mass is 572 g/mol. The first-order valence-electron chi connectivity index (χ1n) is 14.1. The highest BCUT2D eigenvalue weighted by Gasteiger charge is 2.29. The molecule has 0 aliphatic heterocycles. The minimum absolute atomic E-state index is 0.206. The van der Waals surface area contributed by atoms with Crippen molar-refractivity contribution in [2.45, 2.75) is 52.6 Å². The summed E-state index contributed by atoms with van der Waals surface area (Å²) in [7, 11) is 3.19. The number of urea groups is 1. The molecular formula is C33H40N4O5. The summed E-state index contributed by atoms with van der Waals surface area (Å²) in [6, 6.07) is 19.5. The maximum absolute atomic E-state index is 13.9. The van der Waals surface area contributed by atoms with Gasteiger partial charge in [-0.15, -0.1) is 0 Å². The normalized spacial score (nSPS) is 12.1. The van der Waals surface area contributed by atoms with Gasteiger partial charge >= 0.3 is 6.03 Å². The van der Waals surface area contributed by atoms with E-state index >= 15 is 0 Å². The van der Waals surface area contributed by atoms with Gasteiger partial charge in [0.2, 0.25) is 0 Å². The van der Waals surface area contributed by atoms with Gasteiger partial charge in [-0.3, -0.25) is 9.36 Å². The minimum Gasteiger partial charge on any atom is -0.494 e. The Morgan fingerprint density at radius 3 is 2.33 bits per heavy atom.